The van der Waals surface area contributed by atoms with Crippen LogP contribution in [0.25, 0.3) is 11.1 Å². The summed E-state index contributed by atoms with van der Waals surface area (Å²) >= 11 is 0. The number of amides is 2. The monoisotopic (exact) mass is 876 g/mol. The first kappa shape index (κ1) is 43.5. The summed E-state index contributed by atoms with van der Waals surface area (Å²) in [6.45, 7) is 2.96. The molecule has 0 aliphatic heterocycles. The zero-order valence-electron chi connectivity index (χ0n) is 30.9. The number of carbonyl (C=O) groups is 2. The second-order valence-electron chi connectivity index (χ2n) is 13.8. The molecule has 6 N–H and O–H groups in total. The Bertz CT molecular complexity index is 2660. The Morgan fingerprint density at radius 1 is 0.583 bits per heavy atom. The van der Waals surface area contributed by atoms with E-state index in [9.17, 15) is 61.9 Å². The number of hydrazone groups is 2. The Morgan fingerprint density at radius 3 is 1.20 bits per heavy atom. The van der Waals surface area contributed by atoms with Crippen LogP contribution < -0.4 is 11.7 Å². The second kappa shape index (κ2) is 14.9. The summed E-state index contributed by atoms with van der Waals surface area (Å²) in [5, 5.41) is 6.94. The molecule has 2 aliphatic rings. The van der Waals surface area contributed by atoms with Gasteiger partial charge in [-0.25, -0.2) is 9.98 Å². The fourth-order valence-corrected chi connectivity index (χ4v) is 10.4. The number of fused-ring (bicyclic) bond motifs is 2. The van der Waals surface area contributed by atoms with E-state index in [1.807, 2.05) is 0 Å². The van der Waals surface area contributed by atoms with Gasteiger partial charge in [-0.15, -0.1) is 0 Å². The van der Waals surface area contributed by atoms with Crippen molar-refractivity contribution in [3.63, 3.8) is 0 Å². The summed E-state index contributed by atoms with van der Waals surface area (Å²) in [4.78, 5) is 30.2. The number of hydrogen-bond acceptors (Lipinski definition) is 10. The van der Waals surface area contributed by atoms with Gasteiger partial charge in [-0.1, -0.05) is 84.9 Å². The normalized spacial score (nSPS) is 22.5. The summed E-state index contributed by atoms with van der Waals surface area (Å²) in [7, 11) is -10.5. The molecule has 6 rings (SSSR count). The van der Waals surface area contributed by atoms with E-state index in [0.717, 1.165) is 0 Å². The van der Waals surface area contributed by atoms with Crippen LogP contribution in [0.5, 0.6) is 0 Å². The van der Waals surface area contributed by atoms with Crippen molar-refractivity contribution >= 4 is 54.9 Å². The molecule has 0 radical (unpaired) electrons. The maximum atomic E-state index is 13.5. The molecule has 0 spiro atoms. The Morgan fingerprint density at radius 2 is 0.917 bits per heavy atom. The van der Waals surface area contributed by atoms with Crippen LogP contribution in [0.3, 0.4) is 0 Å². The maximum Gasteiger partial charge on any atom is 0.473 e. The third-order valence-corrected chi connectivity index (χ3v) is 13.3. The number of aryl methyl sites for hydroxylation is 2. The first-order valence-electron chi connectivity index (χ1n) is 17.1. The Balaban J connectivity index is 1.51. The summed E-state index contributed by atoms with van der Waals surface area (Å²) in [5.74, 6) is 6.04. The predicted molar refractivity (Wildman–Crippen MR) is 207 cm³/mol. The topological polar surface area (TPSA) is 244 Å². The van der Waals surface area contributed by atoms with E-state index in [2.05, 4.69) is 20.2 Å². The fraction of sp³-hybridized carbons (Fsp3) is 0.211. The predicted octanol–water partition coefficient (Wildman–Crippen LogP) is 5.43. The molecule has 2 amide bonds. The Hall–Kier alpha value is -6.10. The molecule has 14 nitrogen and oxygen atoms in total. The highest BCUT2D eigenvalue weighted by Gasteiger charge is 2.55. The number of rotatable bonds is 5. The van der Waals surface area contributed by atoms with Gasteiger partial charge in [0.15, 0.2) is 9.49 Å². The van der Waals surface area contributed by atoms with Crippen LogP contribution >= 0.6 is 0 Å². The van der Waals surface area contributed by atoms with Crippen molar-refractivity contribution in [2.24, 2.45) is 31.9 Å². The van der Waals surface area contributed by atoms with Crippen molar-refractivity contribution in [2.45, 2.75) is 48.5 Å². The molecule has 2 unspecified atom stereocenters. The molecule has 2 atom stereocenters. The van der Waals surface area contributed by atoms with Crippen molar-refractivity contribution in [3.8, 4) is 11.1 Å². The molecular formula is C38H30F6N6O8S2. The van der Waals surface area contributed by atoms with Gasteiger partial charge >= 0.3 is 24.2 Å². The molecular weight excluding hydrogens is 847 g/mol. The lowest BCUT2D eigenvalue weighted by Gasteiger charge is -2.39. The van der Waals surface area contributed by atoms with Crippen molar-refractivity contribution in [2.75, 3.05) is 0 Å². The molecule has 0 heterocycles. The number of benzene rings is 4. The standard InChI is InChI=1S/C38H30F6N6O8S2/c1-19-15-21(11-13-25(19)35(59(53,54)55)17-29(49-45)31(47-33(51)37(39,40)41)23-7-3-5-9-27(23)35)22-12-14-26(20(2)16-22)36(60(56,57)58)18-30(50-46)32(48-34(52)38(42,43)44)24-8-4-6-10-28(24)36/h3-16H,17-18,45-46H2,1-2H3,(H,53,54,55)(H,56,57,58)/b47-31?,48-32?,49-29-,50-30+. The van der Waals surface area contributed by atoms with Crippen LogP contribution in [0, 0.1) is 13.8 Å². The van der Waals surface area contributed by atoms with Gasteiger partial charge in [-0.3, -0.25) is 18.7 Å². The number of aliphatic imine (C=N–C) groups is 2. The average Bonchev–Trinajstić information content (AvgIpc) is 3.16. The van der Waals surface area contributed by atoms with Crippen LogP contribution in [-0.4, -0.2) is 73.0 Å². The van der Waals surface area contributed by atoms with E-state index in [-0.39, 0.29) is 44.5 Å². The summed E-state index contributed by atoms with van der Waals surface area (Å²) in [6, 6.07) is 18.8. The first-order valence-corrected chi connectivity index (χ1v) is 20.0. The van der Waals surface area contributed by atoms with E-state index >= 15 is 0 Å². The van der Waals surface area contributed by atoms with Crippen LogP contribution in [0.1, 0.15) is 57.3 Å². The highest BCUT2D eigenvalue weighted by atomic mass is 32.2. The quantitative estimate of drug-likeness (QED) is 0.0858. The van der Waals surface area contributed by atoms with Crippen LogP contribution in [0.15, 0.2) is 105 Å². The lowest BCUT2D eigenvalue weighted by molar-refractivity contribution is -0.169. The number of nitrogens with two attached hydrogens (primary N) is 2. The SMILES string of the molecule is Cc1cc(-c2ccc(C3(S(=O)(=O)O)C/C(=N\N)C(=NC(=O)C(F)(F)F)c4ccccc43)c(C)c2)ccc1C1(S(=O)(=O)O)C/C(=N/N)C(=NC(=O)C(F)(F)F)c2ccccc21. The smallest absolute Gasteiger partial charge is 0.323 e. The van der Waals surface area contributed by atoms with Gasteiger partial charge in [-0.05, 0) is 58.4 Å². The minimum absolute atomic E-state index is 0.0592. The van der Waals surface area contributed by atoms with Gasteiger partial charge < -0.3 is 11.7 Å². The minimum atomic E-state index is -5.39. The number of halogens is 6. The van der Waals surface area contributed by atoms with E-state index in [0.29, 0.717) is 11.1 Å². The molecule has 0 fully saturated rings. The summed E-state index contributed by atoms with van der Waals surface area (Å²) in [6.07, 6.45) is -12.5. The van der Waals surface area contributed by atoms with E-state index < -0.39 is 89.6 Å². The summed E-state index contributed by atoms with van der Waals surface area (Å²) in [5.41, 5.74) is -2.30. The highest BCUT2D eigenvalue weighted by Crippen LogP contribution is 2.50. The van der Waals surface area contributed by atoms with Crippen molar-refractivity contribution in [3.05, 3.63) is 129 Å². The third-order valence-electron chi connectivity index (χ3n) is 10.4. The highest BCUT2D eigenvalue weighted by molar-refractivity contribution is 7.87. The number of carbonyl (C=O) groups excluding carboxylic acids is 2. The first-order chi connectivity index (χ1) is 27.8. The van der Waals surface area contributed by atoms with Crippen LogP contribution in [0.4, 0.5) is 26.3 Å². The number of hydrogen-bond donors (Lipinski definition) is 4. The van der Waals surface area contributed by atoms with E-state index in [1.165, 1.54) is 98.8 Å². The lowest BCUT2D eigenvalue weighted by Crippen LogP contribution is -2.46. The third kappa shape index (κ3) is 7.07. The van der Waals surface area contributed by atoms with Crippen molar-refractivity contribution in [1.82, 2.24) is 0 Å². The molecule has 4 aromatic carbocycles. The molecule has 4 aromatic rings. The average molecular weight is 877 g/mol. The number of nitrogens with zero attached hydrogens (tertiary/aromatic N) is 4. The molecule has 22 heteroatoms. The molecule has 60 heavy (non-hydrogen) atoms. The largest absolute Gasteiger partial charge is 0.473 e. The van der Waals surface area contributed by atoms with Gasteiger partial charge in [0.1, 0.15) is 0 Å². The van der Waals surface area contributed by atoms with Gasteiger partial charge in [0, 0.05) is 24.0 Å². The Kier molecular flexibility index (Phi) is 10.8. The van der Waals surface area contributed by atoms with E-state index in [4.69, 9.17) is 11.7 Å². The maximum absolute atomic E-state index is 13.5. The number of alkyl halides is 6. The Labute approximate surface area is 336 Å². The zero-order chi connectivity index (χ0) is 44.4. The molecule has 0 saturated carbocycles. The molecule has 2 aliphatic carbocycles. The van der Waals surface area contributed by atoms with Crippen LogP contribution in [0.2, 0.25) is 0 Å². The van der Waals surface area contributed by atoms with Crippen molar-refractivity contribution < 1.29 is 61.9 Å². The van der Waals surface area contributed by atoms with Gasteiger partial charge in [0.05, 0.1) is 22.8 Å². The molecule has 0 bridgehead atoms. The van der Waals surface area contributed by atoms with Gasteiger partial charge in [0.2, 0.25) is 0 Å². The summed E-state index contributed by atoms with van der Waals surface area (Å²) < 4.78 is 151. The minimum Gasteiger partial charge on any atom is -0.323 e. The molecule has 314 valence electrons. The zero-order valence-corrected chi connectivity index (χ0v) is 32.5. The van der Waals surface area contributed by atoms with Gasteiger partial charge in [-0.2, -0.15) is 53.4 Å². The lowest BCUT2D eigenvalue weighted by atomic mass is 9.74. The van der Waals surface area contributed by atoms with E-state index in [1.54, 1.807) is 0 Å². The fourth-order valence-electron chi connectivity index (χ4n) is 7.83. The van der Waals surface area contributed by atoms with Crippen LogP contribution in [-0.2, 0) is 39.3 Å². The second-order valence-corrected chi connectivity index (χ2v) is 17.1. The van der Waals surface area contributed by atoms with Gasteiger partial charge in [0.25, 0.3) is 20.2 Å². The molecule has 0 saturated heterocycles. The van der Waals surface area contributed by atoms with Crippen molar-refractivity contribution in [1.29, 1.82) is 0 Å². The molecule has 0 aromatic heterocycles.